The highest BCUT2D eigenvalue weighted by molar-refractivity contribution is 5.59. The topological polar surface area (TPSA) is 78.4 Å². The number of anilines is 1. The lowest BCUT2D eigenvalue weighted by atomic mass is 10.1. The number of nitrogens with zero attached hydrogens (tertiary/aromatic N) is 1. The van der Waals surface area contributed by atoms with Crippen molar-refractivity contribution in [1.82, 2.24) is 0 Å². The molecule has 110 valence electrons. The first kappa shape index (κ1) is 14.8. The van der Waals surface area contributed by atoms with Gasteiger partial charge < -0.3 is 10.5 Å². The van der Waals surface area contributed by atoms with Gasteiger partial charge >= 0.3 is 0 Å². The van der Waals surface area contributed by atoms with Crippen molar-refractivity contribution >= 4 is 11.4 Å². The van der Waals surface area contributed by atoms with Gasteiger partial charge in [-0.05, 0) is 55.2 Å². The number of nitrogen functional groups attached to an aromatic ring is 1. The van der Waals surface area contributed by atoms with E-state index in [0.29, 0.717) is 6.61 Å². The number of ether oxygens (including phenoxy) is 1. The van der Waals surface area contributed by atoms with Crippen LogP contribution in [0.15, 0.2) is 30.3 Å². The smallest absolute Gasteiger partial charge is 0.292 e. The first-order chi connectivity index (χ1) is 9.90. The number of benzene rings is 2. The molecule has 0 bridgehead atoms. The molecule has 0 saturated carbocycles. The van der Waals surface area contributed by atoms with Crippen LogP contribution in [0.5, 0.6) is 5.75 Å². The van der Waals surface area contributed by atoms with Crippen molar-refractivity contribution in [3.05, 3.63) is 62.7 Å². The molecule has 0 saturated heterocycles. The van der Waals surface area contributed by atoms with Crippen molar-refractivity contribution < 1.29 is 9.66 Å². The lowest BCUT2D eigenvalue weighted by Crippen LogP contribution is -2.02. The van der Waals surface area contributed by atoms with Crippen LogP contribution in [0.2, 0.25) is 0 Å². The number of nitro groups is 1. The molecular formula is C16H18N2O3. The Morgan fingerprint density at radius 3 is 2.43 bits per heavy atom. The van der Waals surface area contributed by atoms with Crippen LogP contribution < -0.4 is 10.5 Å². The molecule has 0 aliphatic carbocycles. The molecule has 21 heavy (non-hydrogen) atoms. The van der Waals surface area contributed by atoms with Crippen LogP contribution in [0.25, 0.3) is 0 Å². The standard InChI is InChI=1S/C16H18N2O3/c1-10-4-5-11(2)16(12(10)3)21-9-13-6-7-15(18(19)20)14(17)8-13/h4-8H,9,17H2,1-3H3. The summed E-state index contributed by atoms with van der Waals surface area (Å²) in [5, 5.41) is 10.7. The summed E-state index contributed by atoms with van der Waals surface area (Å²) >= 11 is 0. The second kappa shape index (κ2) is 5.83. The number of nitrogens with two attached hydrogens (primary N) is 1. The summed E-state index contributed by atoms with van der Waals surface area (Å²) in [5.41, 5.74) is 9.88. The Labute approximate surface area is 123 Å². The average Bonchev–Trinajstić information content (AvgIpc) is 2.43. The zero-order valence-electron chi connectivity index (χ0n) is 12.3. The van der Waals surface area contributed by atoms with E-state index >= 15 is 0 Å². The van der Waals surface area contributed by atoms with Crippen molar-refractivity contribution in [2.45, 2.75) is 27.4 Å². The largest absolute Gasteiger partial charge is 0.488 e. The van der Waals surface area contributed by atoms with E-state index in [9.17, 15) is 10.1 Å². The van der Waals surface area contributed by atoms with E-state index in [-0.39, 0.29) is 11.4 Å². The fraction of sp³-hybridized carbons (Fsp3) is 0.250. The molecule has 0 heterocycles. The third-order valence-corrected chi connectivity index (χ3v) is 3.55. The minimum Gasteiger partial charge on any atom is -0.488 e. The van der Waals surface area contributed by atoms with Crippen LogP contribution in [-0.4, -0.2) is 4.92 Å². The molecule has 5 heteroatoms. The van der Waals surface area contributed by atoms with Crippen LogP contribution >= 0.6 is 0 Å². The van der Waals surface area contributed by atoms with Gasteiger partial charge in [0.05, 0.1) is 4.92 Å². The van der Waals surface area contributed by atoms with Crippen LogP contribution in [-0.2, 0) is 6.61 Å². The normalized spacial score (nSPS) is 10.4. The summed E-state index contributed by atoms with van der Waals surface area (Å²) in [5.74, 6) is 0.854. The van der Waals surface area contributed by atoms with Crippen molar-refractivity contribution in [3.8, 4) is 5.75 Å². The molecule has 2 aromatic carbocycles. The second-order valence-electron chi connectivity index (χ2n) is 5.09. The van der Waals surface area contributed by atoms with Gasteiger partial charge in [-0.25, -0.2) is 0 Å². The van der Waals surface area contributed by atoms with Gasteiger partial charge in [-0.2, -0.15) is 0 Å². The van der Waals surface area contributed by atoms with E-state index in [4.69, 9.17) is 10.5 Å². The fourth-order valence-electron chi connectivity index (χ4n) is 2.16. The third kappa shape index (κ3) is 3.13. The van der Waals surface area contributed by atoms with Crippen molar-refractivity contribution in [3.63, 3.8) is 0 Å². The van der Waals surface area contributed by atoms with Crippen molar-refractivity contribution in [2.75, 3.05) is 5.73 Å². The zero-order valence-corrected chi connectivity index (χ0v) is 12.3. The Balaban J connectivity index is 2.19. The van der Waals surface area contributed by atoms with Gasteiger partial charge in [0.1, 0.15) is 18.0 Å². The number of rotatable bonds is 4. The van der Waals surface area contributed by atoms with Gasteiger partial charge in [-0.3, -0.25) is 10.1 Å². The van der Waals surface area contributed by atoms with E-state index in [1.54, 1.807) is 12.1 Å². The molecule has 0 spiro atoms. The van der Waals surface area contributed by atoms with Crippen LogP contribution in [0.4, 0.5) is 11.4 Å². The molecule has 0 radical (unpaired) electrons. The van der Waals surface area contributed by atoms with E-state index in [1.165, 1.54) is 11.6 Å². The maximum Gasteiger partial charge on any atom is 0.292 e. The monoisotopic (exact) mass is 286 g/mol. The van der Waals surface area contributed by atoms with Crippen molar-refractivity contribution in [1.29, 1.82) is 0 Å². The molecule has 0 unspecified atom stereocenters. The minimum atomic E-state index is -0.491. The van der Waals surface area contributed by atoms with Gasteiger partial charge in [0.25, 0.3) is 5.69 Å². The lowest BCUT2D eigenvalue weighted by Gasteiger charge is -2.14. The SMILES string of the molecule is Cc1ccc(C)c(OCc2ccc([N+](=O)[O-])c(N)c2)c1C. The molecule has 0 fully saturated rings. The summed E-state index contributed by atoms with van der Waals surface area (Å²) in [6, 6.07) is 8.72. The van der Waals surface area contributed by atoms with E-state index in [1.807, 2.05) is 26.8 Å². The van der Waals surface area contributed by atoms with E-state index in [0.717, 1.165) is 22.4 Å². The van der Waals surface area contributed by atoms with Crippen molar-refractivity contribution in [2.24, 2.45) is 0 Å². The molecule has 5 nitrogen and oxygen atoms in total. The Morgan fingerprint density at radius 1 is 1.14 bits per heavy atom. The number of hydrogen-bond acceptors (Lipinski definition) is 4. The van der Waals surface area contributed by atoms with Gasteiger partial charge in [0, 0.05) is 6.07 Å². The molecule has 2 rings (SSSR count). The predicted molar refractivity (Wildman–Crippen MR) is 82.5 cm³/mol. The number of hydrogen-bond donors (Lipinski definition) is 1. The first-order valence-corrected chi connectivity index (χ1v) is 6.62. The molecule has 0 atom stereocenters. The highest BCUT2D eigenvalue weighted by Gasteiger charge is 2.12. The zero-order chi connectivity index (χ0) is 15.6. The average molecular weight is 286 g/mol. The Hall–Kier alpha value is -2.56. The third-order valence-electron chi connectivity index (χ3n) is 3.55. The summed E-state index contributed by atoms with van der Waals surface area (Å²) in [4.78, 5) is 10.2. The van der Waals surface area contributed by atoms with Crippen LogP contribution in [0.3, 0.4) is 0 Å². The van der Waals surface area contributed by atoms with E-state index < -0.39 is 4.92 Å². The molecule has 0 aliphatic rings. The Bertz CT molecular complexity index is 696. The van der Waals surface area contributed by atoms with Crippen LogP contribution in [0.1, 0.15) is 22.3 Å². The molecular weight excluding hydrogens is 268 g/mol. The lowest BCUT2D eigenvalue weighted by molar-refractivity contribution is -0.383. The predicted octanol–water partition coefficient (Wildman–Crippen LogP) is 3.68. The van der Waals surface area contributed by atoms with Gasteiger partial charge in [-0.1, -0.05) is 12.1 Å². The number of aryl methyl sites for hydroxylation is 2. The Kier molecular flexibility index (Phi) is 4.12. The summed E-state index contributed by atoms with van der Waals surface area (Å²) in [6.45, 7) is 6.37. The second-order valence-corrected chi connectivity index (χ2v) is 5.09. The molecule has 0 aromatic heterocycles. The van der Waals surface area contributed by atoms with E-state index in [2.05, 4.69) is 6.07 Å². The number of nitro benzene ring substituents is 1. The first-order valence-electron chi connectivity index (χ1n) is 6.62. The summed E-state index contributed by atoms with van der Waals surface area (Å²) in [7, 11) is 0. The maximum atomic E-state index is 10.7. The molecule has 2 N–H and O–H groups in total. The molecule has 0 amide bonds. The molecule has 0 aliphatic heterocycles. The summed E-state index contributed by atoms with van der Waals surface area (Å²) in [6.07, 6.45) is 0. The van der Waals surface area contributed by atoms with Crippen LogP contribution in [0, 0.1) is 30.9 Å². The summed E-state index contributed by atoms with van der Waals surface area (Å²) < 4.78 is 5.86. The highest BCUT2D eigenvalue weighted by atomic mass is 16.6. The Morgan fingerprint density at radius 2 is 1.81 bits per heavy atom. The highest BCUT2D eigenvalue weighted by Crippen LogP contribution is 2.27. The fourth-order valence-corrected chi connectivity index (χ4v) is 2.16. The molecule has 2 aromatic rings. The van der Waals surface area contributed by atoms with Gasteiger partial charge in [-0.15, -0.1) is 0 Å². The quantitative estimate of drug-likeness (QED) is 0.528. The van der Waals surface area contributed by atoms with Gasteiger partial charge in [0.2, 0.25) is 0 Å². The van der Waals surface area contributed by atoms with Gasteiger partial charge in [0.15, 0.2) is 0 Å². The minimum absolute atomic E-state index is 0.0818. The maximum absolute atomic E-state index is 10.7.